The lowest BCUT2D eigenvalue weighted by atomic mass is 10.2. The number of rotatable bonds is 3. The molecule has 0 aliphatic heterocycles. The van der Waals surface area contributed by atoms with Crippen LogP contribution in [-0.2, 0) is 0 Å². The van der Waals surface area contributed by atoms with E-state index in [1.165, 1.54) is 18.5 Å². The fourth-order valence-corrected chi connectivity index (χ4v) is 1.53. The molecule has 19 heavy (non-hydrogen) atoms. The van der Waals surface area contributed by atoms with E-state index in [4.69, 9.17) is 10.00 Å². The van der Waals surface area contributed by atoms with Crippen LogP contribution in [0.3, 0.4) is 0 Å². The fraction of sp³-hybridized carbons (Fsp3) is 0.0714. The number of nitriles is 1. The van der Waals surface area contributed by atoms with Gasteiger partial charge in [-0.15, -0.1) is 0 Å². The van der Waals surface area contributed by atoms with Crippen LogP contribution in [0.15, 0.2) is 42.7 Å². The highest BCUT2D eigenvalue weighted by atomic mass is 16.5. The number of anilines is 1. The maximum Gasteiger partial charge on any atom is 0.257 e. The number of nitrogens with one attached hydrogen (secondary N) is 1. The number of pyridine rings is 1. The number of benzene rings is 1. The molecule has 94 valence electrons. The molecular formula is C14H11N3O2. The molecule has 5 nitrogen and oxygen atoms in total. The predicted molar refractivity (Wildman–Crippen MR) is 69.9 cm³/mol. The van der Waals surface area contributed by atoms with E-state index >= 15 is 0 Å². The molecule has 0 saturated carbocycles. The first-order valence-corrected chi connectivity index (χ1v) is 5.53. The van der Waals surface area contributed by atoms with Crippen LogP contribution < -0.4 is 10.1 Å². The Morgan fingerprint density at radius 1 is 1.37 bits per heavy atom. The molecule has 1 aromatic heterocycles. The summed E-state index contributed by atoms with van der Waals surface area (Å²) in [6, 6.07) is 10.5. The standard InChI is InChI=1S/C14H11N3O2/c1-19-13-4-2-3-12(6-13)17-14(18)11-5-10(7-15)8-16-9-11/h2-6,8-9H,1H3,(H,17,18). The Morgan fingerprint density at radius 2 is 2.21 bits per heavy atom. The lowest BCUT2D eigenvalue weighted by Crippen LogP contribution is -2.12. The van der Waals surface area contributed by atoms with Crippen LogP contribution in [-0.4, -0.2) is 18.0 Å². The van der Waals surface area contributed by atoms with Crippen LogP contribution in [0.4, 0.5) is 5.69 Å². The monoisotopic (exact) mass is 253 g/mol. The van der Waals surface area contributed by atoms with E-state index in [1.807, 2.05) is 6.07 Å². The lowest BCUT2D eigenvalue weighted by Gasteiger charge is -2.06. The molecule has 0 spiro atoms. The van der Waals surface area contributed by atoms with Gasteiger partial charge in [0, 0.05) is 24.1 Å². The second-order valence-electron chi connectivity index (χ2n) is 3.76. The van der Waals surface area contributed by atoms with Crippen molar-refractivity contribution >= 4 is 11.6 Å². The van der Waals surface area contributed by atoms with Crippen molar-refractivity contribution in [1.82, 2.24) is 4.98 Å². The molecule has 1 N–H and O–H groups in total. The molecule has 0 unspecified atom stereocenters. The maximum absolute atomic E-state index is 12.0. The average molecular weight is 253 g/mol. The van der Waals surface area contributed by atoms with Crippen molar-refractivity contribution in [2.45, 2.75) is 0 Å². The van der Waals surface area contributed by atoms with Crippen molar-refractivity contribution in [3.63, 3.8) is 0 Å². The maximum atomic E-state index is 12.0. The van der Waals surface area contributed by atoms with E-state index in [2.05, 4.69) is 10.3 Å². The molecule has 2 aromatic rings. The van der Waals surface area contributed by atoms with Crippen LogP contribution in [0.25, 0.3) is 0 Å². The first-order chi connectivity index (χ1) is 9.22. The van der Waals surface area contributed by atoms with Gasteiger partial charge in [0.05, 0.1) is 18.2 Å². The van der Waals surface area contributed by atoms with Crippen molar-refractivity contribution in [3.8, 4) is 11.8 Å². The molecule has 0 fully saturated rings. The van der Waals surface area contributed by atoms with Crippen LogP contribution in [0, 0.1) is 11.3 Å². The number of hydrogen-bond donors (Lipinski definition) is 1. The Morgan fingerprint density at radius 3 is 2.95 bits per heavy atom. The minimum Gasteiger partial charge on any atom is -0.497 e. The zero-order valence-electron chi connectivity index (χ0n) is 10.3. The average Bonchev–Trinajstić information content (AvgIpc) is 2.47. The number of nitrogens with zero attached hydrogens (tertiary/aromatic N) is 2. The predicted octanol–water partition coefficient (Wildman–Crippen LogP) is 2.21. The quantitative estimate of drug-likeness (QED) is 0.910. The molecule has 1 aromatic carbocycles. The second-order valence-corrected chi connectivity index (χ2v) is 3.76. The van der Waals surface area contributed by atoms with Gasteiger partial charge in [-0.3, -0.25) is 9.78 Å². The third-order valence-electron chi connectivity index (χ3n) is 2.46. The van der Waals surface area contributed by atoms with Gasteiger partial charge in [-0.2, -0.15) is 5.26 Å². The lowest BCUT2D eigenvalue weighted by molar-refractivity contribution is 0.102. The van der Waals surface area contributed by atoms with Gasteiger partial charge in [-0.25, -0.2) is 0 Å². The van der Waals surface area contributed by atoms with E-state index in [0.717, 1.165) is 0 Å². The third kappa shape index (κ3) is 3.07. The summed E-state index contributed by atoms with van der Waals surface area (Å²) in [6.45, 7) is 0. The Hall–Kier alpha value is -2.87. The topological polar surface area (TPSA) is 75.0 Å². The van der Waals surface area contributed by atoms with E-state index in [1.54, 1.807) is 31.4 Å². The van der Waals surface area contributed by atoms with Crippen molar-refractivity contribution in [1.29, 1.82) is 5.26 Å². The SMILES string of the molecule is COc1cccc(NC(=O)c2cncc(C#N)c2)c1. The Kier molecular flexibility index (Phi) is 3.74. The highest BCUT2D eigenvalue weighted by molar-refractivity contribution is 6.04. The molecule has 0 saturated heterocycles. The van der Waals surface area contributed by atoms with E-state index < -0.39 is 0 Å². The molecule has 5 heteroatoms. The van der Waals surface area contributed by atoms with E-state index in [9.17, 15) is 4.79 Å². The summed E-state index contributed by atoms with van der Waals surface area (Å²) in [5, 5.41) is 11.5. The number of methoxy groups -OCH3 is 1. The summed E-state index contributed by atoms with van der Waals surface area (Å²) in [5.41, 5.74) is 1.30. The van der Waals surface area contributed by atoms with Gasteiger partial charge < -0.3 is 10.1 Å². The molecule has 0 aliphatic carbocycles. The molecule has 0 atom stereocenters. The molecule has 0 aliphatic rings. The van der Waals surface area contributed by atoms with Crippen molar-refractivity contribution in [2.75, 3.05) is 12.4 Å². The van der Waals surface area contributed by atoms with E-state index in [-0.39, 0.29) is 5.91 Å². The molecule has 1 heterocycles. The number of aromatic nitrogens is 1. The van der Waals surface area contributed by atoms with Gasteiger partial charge in [-0.05, 0) is 18.2 Å². The van der Waals surface area contributed by atoms with Crippen molar-refractivity contribution in [3.05, 3.63) is 53.9 Å². The first-order valence-electron chi connectivity index (χ1n) is 5.53. The van der Waals surface area contributed by atoms with Gasteiger partial charge in [0.1, 0.15) is 11.8 Å². The smallest absolute Gasteiger partial charge is 0.257 e. The third-order valence-corrected chi connectivity index (χ3v) is 2.46. The summed E-state index contributed by atoms with van der Waals surface area (Å²) in [5.74, 6) is 0.333. The normalized spacial score (nSPS) is 9.47. The summed E-state index contributed by atoms with van der Waals surface area (Å²) in [6.07, 6.45) is 2.82. The van der Waals surface area contributed by atoms with Crippen LogP contribution in [0.1, 0.15) is 15.9 Å². The van der Waals surface area contributed by atoms with Gasteiger partial charge in [0.2, 0.25) is 0 Å². The second kappa shape index (κ2) is 5.65. The summed E-state index contributed by atoms with van der Waals surface area (Å²) in [4.78, 5) is 15.8. The van der Waals surface area contributed by atoms with Crippen LogP contribution in [0.5, 0.6) is 5.75 Å². The number of carbonyl (C=O) groups is 1. The van der Waals surface area contributed by atoms with E-state index in [0.29, 0.717) is 22.6 Å². The number of carbonyl (C=O) groups excluding carboxylic acids is 1. The van der Waals surface area contributed by atoms with Gasteiger partial charge in [-0.1, -0.05) is 6.07 Å². The highest BCUT2D eigenvalue weighted by Crippen LogP contribution is 2.17. The zero-order valence-corrected chi connectivity index (χ0v) is 10.3. The van der Waals surface area contributed by atoms with Gasteiger partial charge >= 0.3 is 0 Å². The summed E-state index contributed by atoms with van der Waals surface area (Å²) < 4.78 is 5.07. The highest BCUT2D eigenvalue weighted by Gasteiger charge is 2.07. The summed E-state index contributed by atoms with van der Waals surface area (Å²) in [7, 11) is 1.56. The van der Waals surface area contributed by atoms with Crippen LogP contribution in [0.2, 0.25) is 0 Å². The minimum absolute atomic E-state index is 0.321. The molecule has 1 amide bonds. The molecule has 2 rings (SSSR count). The van der Waals surface area contributed by atoms with Crippen LogP contribution >= 0.6 is 0 Å². The van der Waals surface area contributed by atoms with Gasteiger partial charge in [0.25, 0.3) is 5.91 Å². The largest absolute Gasteiger partial charge is 0.497 e. The molecular weight excluding hydrogens is 242 g/mol. The zero-order chi connectivity index (χ0) is 13.7. The Labute approximate surface area is 110 Å². The fourth-order valence-electron chi connectivity index (χ4n) is 1.53. The molecule has 0 bridgehead atoms. The number of hydrogen-bond acceptors (Lipinski definition) is 4. The number of ether oxygens (including phenoxy) is 1. The Balaban J connectivity index is 2.18. The minimum atomic E-state index is -0.321. The molecule has 0 radical (unpaired) electrons. The summed E-state index contributed by atoms with van der Waals surface area (Å²) >= 11 is 0. The van der Waals surface area contributed by atoms with Crippen molar-refractivity contribution in [2.24, 2.45) is 0 Å². The number of amides is 1. The Bertz CT molecular complexity index is 647. The van der Waals surface area contributed by atoms with Gasteiger partial charge in [0.15, 0.2) is 0 Å². The van der Waals surface area contributed by atoms with Crippen molar-refractivity contribution < 1.29 is 9.53 Å². The first kappa shape index (κ1) is 12.6.